The Bertz CT molecular complexity index is 297. The van der Waals surface area contributed by atoms with Crippen LogP contribution < -0.4 is 16.2 Å². The molecule has 84 valence electrons. The van der Waals surface area contributed by atoms with Crippen LogP contribution in [-0.2, 0) is 14.8 Å². The van der Waals surface area contributed by atoms with E-state index < -0.39 is 15.6 Å². The Morgan fingerprint density at radius 3 is 2.36 bits per heavy atom. The van der Waals surface area contributed by atoms with Crippen LogP contribution in [-0.4, -0.2) is 32.2 Å². The fourth-order valence-electron chi connectivity index (χ4n) is 0.669. The van der Waals surface area contributed by atoms with Crippen molar-refractivity contribution >= 4 is 15.9 Å². The molecule has 0 aliphatic rings. The molecule has 14 heavy (non-hydrogen) atoms. The summed E-state index contributed by atoms with van der Waals surface area (Å²) in [5.41, 5.74) is 4.66. The van der Waals surface area contributed by atoms with Gasteiger partial charge in [0.1, 0.15) is 0 Å². The zero-order valence-electron chi connectivity index (χ0n) is 8.41. The number of hydrogen-bond acceptors (Lipinski definition) is 4. The van der Waals surface area contributed by atoms with Crippen molar-refractivity contribution in [3.8, 4) is 0 Å². The first-order valence-electron chi connectivity index (χ1n) is 4.26. The lowest BCUT2D eigenvalue weighted by molar-refractivity contribution is -0.125. The second kappa shape index (κ2) is 4.72. The van der Waals surface area contributed by atoms with E-state index >= 15 is 0 Å². The average Bonchev–Trinajstić information content (AvgIpc) is 2.02. The van der Waals surface area contributed by atoms with Gasteiger partial charge in [-0.1, -0.05) is 6.92 Å². The Labute approximate surface area is 84.1 Å². The molecule has 1 atom stereocenters. The van der Waals surface area contributed by atoms with Crippen LogP contribution in [0.2, 0.25) is 0 Å². The number of carbonyl (C=O) groups is 1. The highest BCUT2D eigenvalue weighted by Crippen LogP contribution is 2.03. The third-order valence-electron chi connectivity index (χ3n) is 1.93. The van der Waals surface area contributed by atoms with E-state index in [1.807, 2.05) is 0 Å². The first-order valence-corrected chi connectivity index (χ1v) is 5.98. The fourth-order valence-corrected chi connectivity index (χ4v) is 1.06. The Morgan fingerprint density at radius 1 is 1.50 bits per heavy atom. The van der Waals surface area contributed by atoms with E-state index in [1.165, 1.54) is 0 Å². The minimum Gasteiger partial charge on any atom is -0.353 e. The molecule has 0 aromatic rings. The Kier molecular flexibility index (Phi) is 4.50. The van der Waals surface area contributed by atoms with Crippen LogP contribution in [0.1, 0.15) is 20.3 Å². The van der Waals surface area contributed by atoms with Crippen LogP contribution >= 0.6 is 0 Å². The van der Waals surface area contributed by atoms with E-state index in [-0.39, 0.29) is 18.2 Å². The zero-order chi connectivity index (χ0) is 11.4. The van der Waals surface area contributed by atoms with Gasteiger partial charge in [0.25, 0.3) is 0 Å². The number of nitrogens with two attached hydrogens (primary N) is 2. The van der Waals surface area contributed by atoms with Crippen molar-refractivity contribution in [1.82, 2.24) is 5.32 Å². The van der Waals surface area contributed by atoms with Gasteiger partial charge in [-0.3, -0.25) is 4.79 Å². The number of nitrogens with one attached hydrogen (secondary N) is 1. The summed E-state index contributed by atoms with van der Waals surface area (Å²) in [5, 5.41) is 7.16. The minimum absolute atomic E-state index is 0.00947. The first kappa shape index (κ1) is 13.3. The van der Waals surface area contributed by atoms with Gasteiger partial charge in [0.15, 0.2) is 0 Å². The monoisotopic (exact) mass is 223 g/mol. The number of hydrogen-bond donors (Lipinski definition) is 3. The third-order valence-corrected chi connectivity index (χ3v) is 2.70. The van der Waals surface area contributed by atoms with E-state index in [0.717, 1.165) is 0 Å². The summed E-state index contributed by atoms with van der Waals surface area (Å²) < 4.78 is 21.1. The van der Waals surface area contributed by atoms with E-state index in [2.05, 4.69) is 5.32 Å². The summed E-state index contributed by atoms with van der Waals surface area (Å²) in [6, 6.07) is 0. The van der Waals surface area contributed by atoms with E-state index in [9.17, 15) is 13.2 Å². The van der Waals surface area contributed by atoms with Crippen LogP contribution in [0.4, 0.5) is 0 Å². The second-order valence-corrected chi connectivity index (χ2v) is 5.13. The van der Waals surface area contributed by atoms with Gasteiger partial charge in [0.2, 0.25) is 15.9 Å². The van der Waals surface area contributed by atoms with Crippen molar-refractivity contribution in [2.45, 2.75) is 25.8 Å². The highest BCUT2D eigenvalue weighted by molar-refractivity contribution is 7.89. The number of rotatable bonds is 5. The molecule has 1 amide bonds. The molecule has 0 aromatic carbocycles. The molecule has 0 fully saturated rings. The molecular weight excluding hydrogens is 206 g/mol. The predicted molar refractivity (Wildman–Crippen MR) is 53.9 cm³/mol. The van der Waals surface area contributed by atoms with Crippen LogP contribution in [0.25, 0.3) is 0 Å². The number of amides is 1. The molecule has 0 aliphatic carbocycles. The van der Waals surface area contributed by atoms with Crippen LogP contribution in [0.15, 0.2) is 0 Å². The molecular formula is C7H17N3O3S. The zero-order valence-corrected chi connectivity index (χ0v) is 9.23. The van der Waals surface area contributed by atoms with Crippen molar-refractivity contribution in [3.63, 3.8) is 0 Å². The molecule has 0 aromatic heterocycles. The van der Waals surface area contributed by atoms with Crippen molar-refractivity contribution in [1.29, 1.82) is 0 Å². The van der Waals surface area contributed by atoms with E-state index in [1.54, 1.807) is 13.8 Å². The maximum Gasteiger partial charge on any atom is 0.239 e. The molecule has 0 heterocycles. The summed E-state index contributed by atoms with van der Waals surface area (Å²) in [5.74, 6) is -0.651. The van der Waals surface area contributed by atoms with Gasteiger partial charge in [-0.2, -0.15) is 0 Å². The fraction of sp³-hybridized carbons (Fsp3) is 0.857. The van der Waals surface area contributed by atoms with Crippen molar-refractivity contribution in [2.75, 3.05) is 12.3 Å². The van der Waals surface area contributed by atoms with E-state index in [4.69, 9.17) is 10.9 Å². The molecule has 0 saturated carbocycles. The topological polar surface area (TPSA) is 115 Å². The molecule has 0 radical (unpaired) electrons. The predicted octanol–water partition coefficient (Wildman–Crippen LogP) is -1.48. The summed E-state index contributed by atoms with van der Waals surface area (Å²) in [6.07, 6.45) is 0.480. The van der Waals surface area contributed by atoms with Gasteiger partial charge in [-0.25, -0.2) is 13.6 Å². The molecule has 0 bridgehead atoms. The van der Waals surface area contributed by atoms with Crippen molar-refractivity contribution in [2.24, 2.45) is 10.9 Å². The summed E-state index contributed by atoms with van der Waals surface area (Å²) in [6.45, 7) is 3.35. The summed E-state index contributed by atoms with van der Waals surface area (Å²) >= 11 is 0. The lowest BCUT2D eigenvalue weighted by Crippen LogP contribution is -2.52. The molecule has 0 saturated heterocycles. The minimum atomic E-state index is -3.53. The molecule has 0 spiro atoms. The number of primary sulfonamides is 1. The van der Waals surface area contributed by atoms with Gasteiger partial charge in [0, 0.05) is 6.54 Å². The van der Waals surface area contributed by atoms with Crippen molar-refractivity contribution in [3.05, 3.63) is 0 Å². The van der Waals surface area contributed by atoms with Gasteiger partial charge in [-0.15, -0.1) is 0 Å². The van der Waals surface area contributed by atoms with Crippen molar-refractivity contribution < 1.29 is 13.2 Å². The number of sulfonamides is 1. The Balaban J connectivity index is 3.99. The summed E-state index contributed by atoms with van der Waals surface area (Å²) in [4.78, 5) is 11.3. The lowest BCUT2D eigenvalue weighted by Gasteiger charge is -2.21. The highest BCUT2D eigenvalue weighted by Gasteiger charge is 2.25. The van der Waals surface area contributed by atoms with Gasteiger partial charge < -0.3 is 11.1 Å². The van der Waals surface area contributed by atoms with Gasteiger partial charge in [0.05, 0.1) is 11.3 Å². The third kappa shape index (κ3) is 5.15. The maximum absolute atomic E-state index is 11.3. The summed E-state index contributed by atoms with van der Waals surface area (Å²) in [7, 11) is -3.53. The van der Waals surface area contributed by atoms with Gasteiger partial charge >= 0.3 is 0 Å². The normalized spacial score (nSPS) is 16.0. The molecule has 6 nitrogen and oxygen atoms in total. The van der Waals surface area contributed by atoms with E-state index in [0.29, 0.717) is 6.42 Å². The second-order valence-electron chi connectivity index (χ2n) is 3.39. The standard InChI is InChI=1S/C7H17N3O3S/c1-3-7(2,8)6(11)10-4-5-14(9,12)13/h3-5,8H2,1-2H3,(H,10,11)(H2,9,12,13). The van der Waals surface area contributed by atoms with Gasteiger partial charge in [-0.05, 0) is 13.3 Å². The first-order chi connectivity index (χ1) is 6.19. The molecule has 7 heteroatoms. The Morgan fingerprint density at radius 2 is 2.00 bits per heavy atom. The van der Waals surface area contributed by atoms with Crippen LogP contribution in [0, 0.1) is 0 Å². The molecule has 5 N–H and O–H groups in total. The largest absolute Gasteiger partial charge is 0.353 e. The molecule has 0 aliphatic heterocycles. The number of carbonyl (C=O) groups excluding carboxylic acids is 1. The smallest absolute Gasteiger partial charge is 0.239 e. The highest BCUT2D eigenvalue weighted by atomic mass is 32.2. The lowest BCUT2D eigenvalue weighted by atomic mass is 10.00. The Hall–Kier alpha value is -0.660. The van der Waals surface area contributed by atoms with Crippen LogP contribution in [0.3, 0.4) is 0 Å². The van der Waals surface area contributed by atoms with Crippen LogP contribution in [0.5, 0.6) is 0 Å². The molecule has 0 rings (SSSR count). The SMILES string of the molecule is CCC(C)(N)C(=O)NCCS(N)(=O)=O. The molecule has 1 unspecified atom stereocenters. The average molecular weight is 223 g/mol. The quantitative estimate of drug-likeness (QED) is 0.527. The maximum atomic E-state index is 11.3.